The molecule has 0 bridgehead atoms. The first-order valence-electron chi connectivity index (χ1n) is 8.25. The third-order valence-electron chi connectivity index (χ3n) is 3.97. The van der Waals surface area contributed by atoms with E-state index in [1.54, 1.807) is 23.3 Å². The van der Waals surface area contributed by atoms with E-state index in [1.807, 2.05) is 54.7 Å². The molecule has 134 valence electrons. The summed E-state index contributed by atoms with van der Waals surface area (Å²) < 4.78 is 1.80. The highest BCUT2D eigenvalue weighted by Crippen LogP contribution is 2.33. The van der Waals surface area contributed by atoms with Crippen LogP contribution in [0.2, 0.25) is 5.02 Å². The number of nitrogens with zero attached hydrogens (tertiary/aromatic N) is 3. The van der Waals surface area contributed by atoms with Gasteiger partial charge >= 0.3 is 0 Å². The molecule has 0 aliphatic heterocycles. The quantitative estimate of drug-likeness (QED) is 0.494. The Hall–Kier alpha value is -2.83. The number of imidazole rings is 1. The van der Waals surface area contributed by atoms with Crippen molar-refractivity contribution in [1.82, 2.24) is 14.5 Å². The zero-order valence-corrected chi connectivity index (χ0v) is 15.7. The number of amides is 1. The number of benzene rings is 2. The smallest absolute Gasteiger partial charge is 0.234 e. The number of aromatic nitrogens is 3. The number of carbonyl (C=O) groups excluding carboxylic acids is 1. The Morgan fingerprint density at radius 1 is 1.15 bits per heavy atom. The lowest BCUT2D eigenvalue weighted by Crippen LogP contribution is -2.14. The van der Waals surface area contributed by atoms with E-state index in [0.29, 0.717) is 10.7 Å². The van der Waals surface area contributed by atoms with Crippen molar-refractivity contribution in [2.75, 3.05) is 11.1 Å². The summed E-state index contributed by atoms with van der Waals surface area (Å²) in [6.07, 6.45) is 6.81. The molecule has 27 heavy (non-hydrogen) atoms. The van der Waals surface area contributed by atoms with Gasteiger partial charge in [0.2, 0.25) is 5.91 Å². The van der Waals surface area contributed by atoms with Crippen molar-refractivity contribution in [2.24, 2.45) is 0 Å². The van der Waals surface area contributed by atoms with Crippen molar-refractivity contribution in [3.63, 3.8) is 0 Å². The summed E-state index contributed by atoms with van der Waals surface area (Å²) >= 11 is 7.80. The van der Waals surface area contributed by atoms with Gasteiger partial charge in [0.1, 0.15) is 12.1 Å². The van der Waals surface area contributed by atoms with Crippen molar-refractivity contribution in [2.45, 2.75) is 4.90 Å². The van der Waals surface area contributed by atoms with Crippen molar-refractivity contribution in [3.8, 4) is 5.82 Å². The number of hydrogen-bond donors (Lipinski definition) is 1. The molecular formula is C20H15ClN4OS. The highest BCUT2D eigenvalue weighted by atomic mass is 35.5. The Labute approximate surface area is 165 Å². The monoisotopic (exact) mass is 394 g/mol. The van der Waals surface area contributed by atoms with Crippen LogP contribution >= 0.6 is 23.4 Å². The number of fused-ring (bicyclic) bond motifs is 1. The molecule has 2 heterocycles. The van der Waals surface area contributed by atoms with Crippen LogP contribution in [0.15, 0.2) is 78.3 Å². The number of hydrogen-bond acceptors (Lipinski definition) is 4. The van der Waals surface area contributed by atoms with Gasteiger partial charge in [-0.15, -0.1) is 11.8 Å². The van der Waals surface area contributed by atoms with Gasteiger partial charge in [-0.25, -0.2) is 9.97 Å². The van der Waals surface area contributed by atoms with Crippen LogP contribution in [0.5, 0.6) is 0 Å². The van der Waals surface area contributed by atoms with E-state index in [-0.39, 0.29) is 11.7 Å². The van der Waals surface area contributed by atoms with Gasteiger partial charge in [-0.05, 0) is 29.7 Å². The lowest BCUT2D eigenvalue weighted by atomic mass is 10.1. The Bertz CT molecular complexity index is 1080. The number of carbonyl (C=O) groups is 1. The molecule has 0 saturated carbocycles. The van der Waals surface area contributed by atoms with Crippen molar-refractivity contribution in [3.05, 3.63) is 78.5 Å². The van der Waals surface area contributed by atoms with Gasteiger partial charge in [0, 0.05) is 27.7 Å². The minimum absolute atomic E-state index is 0.0961. The molecule has 2 aromatic heterocycles. The number of rotatable bonds is 5. The van der Waals surface area contributed by atoms with E-state index in [2.05, 4.69) is 15.3 Å². The Morgan fingerprint density at radius 2 is 2.00 bits per heavy atom. The number of pyridine rings is 1. The van der Waals surface area contributed by atoms with Gasteiger partial charge in [0.15, 0.2) is 0 Å². The average molecular weight is 395 g/mol. The van der Waals surface area contributed by atoms with Crippen LogP contribution in [0.25, 0.3) is 16.6 Å². The molecule has 0 spiro atoms. The number of halogens is 1. The zero-order chi connectivity index (χ0) is 18.6. The molecule has 7 heteroatoms. The Balaban J connectivity index is 1.42. The third-order valence-corrected chi connectivity index (χ3v) is 5.35. The first kappa shape index (κ1) is 17.6. The zero-order valence-electron chi connectivity index (χ0n) is 14.2. The molecule has 0 aliphatic carbocycles. The van der Waals surface area contributed by atoms with Gasteiger partial charge in [-0.2, -0.15) is 0 Å². The van der Waals surface area contributed by atoms with Crippen LogP contribution < -0.4 is 5.32 Å². The van der Waals surface area contributed by atoms with Crippen LogP contribution in [0.4, 0.5) is 5.69 Å². The molecule has 0 saturated heterocycles. The van der Waals surface area contributed by atoms with E-state index in [0.717, 1.165) is 21.5 Å². The van der Waals surface area contributed by atoms with Crippen LogP contribution in [0.1, 0.15) is 0 Å². The molecule has 0 fully saturated rings. The summed E-state index contributed by atoms with van der Waals surface area (Å²) in [6.45, 7) is 0. The standard InChI is InChI=1S/C20H15ClN4OS/c21-16-5-1-3-14-4-2-6-17(20(14)16)27-12-19(26)24-15-7-8-18(23-11-15)25-10-9-22-13-25/h1-11,13H,12H2,(H,24,26). The molecule has 2 aromatic carbocycles. The molecular weight excluding hydrogens is 380 g/mol. The molecule has 4 aromatic rings. The molecule has 4 rings (SSSR count). The maximum absolute atomic E-state index is 12.3. The largest absolute Gasteiger partial charge is 0.324 e. The summed E-state index contributed by atoms with van der Waals surface area (Å²) in [5.41, 5.74) is 0.653. The van der Waals surface area contributed by atoms with E-state index in [4.69, 9.17) is 11.6 Å². The molecule has 5 nitrogen and oxygen atoms in total. The number of thioether (sulfide) groups is 1. The van der Waals surface area contributed by atoms with Crippen molar-refractivity contribution in [1.29, 1.82) is 0 Å². The second-order valence-corrected chi connectivity index (χ2v) is 7.23. The molecule has 0 aliphatic rings. The van der Waals surface area contributed by atoms with Gasteiger partial charge < -0.3 is 5.32 Å². The summed E-state index contributed by atoms with van der Waals surface area (Å²) in [7, 11) is 0. The molecule has 1 amide bonds. The van der Waals surface area contributed by atoms with E-state index in [9.17, 15) is 4.79 Å². The van der Waals surface area contributed by atoms with Crippen molar-refractivity contribution >= 4 is 45.7 Å². The van der Waals surface area contributed by atoms with E-state index >= 15 is 0 Å². The summed E-state index contributed by atoms with van der Waals surface area (Å²) in [5, 5.41) is 5.60. The highest BCUT2D eigenvalue weighted by molar-refractivity contribution is 8.00. The van der Waals surface area contributed by atoms with Crippen LogP contribution in [-0.2, 0) is 4.79 Å². The van der Waals surface area contributed by atoms with Gasteiger partial charge in [-0.3, -0.25) is 9.36 Å². The minimum Gasteiger partial charge on any atom is -0.324 e. The summed E-state index contributed by atoms with van der Waals surface area (Å²) in [6, 6.07) is 15.4. The van der Waals surface area contributed by atoms with Crippen LogP contribution in [0, 0.1) is 0 Å². The number of anilines is 1. The van der Waals surface area contributed by atoms with Gasteiger partial charge in [-0.1, -0.05) is 35.9 Å². The molecule has 0 radical (unpaired) electrons. The predicted molar refractivity (Wildman–Crippen MR) is 110 cm³/mol. The van der Waals surface area contributed by atoms with E-state index in [1.165, 1.54) is 11.8 Å². The molecule has 1 N–H and O–H groups in total. The van der Waals surface area contributed by atoms with Crippen LogP contribution in [0.3, 0.4) is 0 Å². The third kappa shape index (κ3) is 3.97. The lowest BCUT2D eigenvalue weighted by molar-refractivity contribution is -0.113. The first-order valence-corrected chi connectivity index (χ1v) is 9.61. The predicted octanol–water partition coefficient (Wildman–Crippen LogP) is 4.80. The fourth-order valence-corrected chi connectivity index (χ4v) is 3.98. The summed E-state index contributed by atoms with van der Waals surface area (Å²) in [4.78, 5) is 21.6. The fraction of sp³-hybridized carbons (Fsp3) is 0.0500. The van der Waals surface area contributed by atoms with Gasteiger partial charge in [0.05, 0.1) is 17.6 Å². The Morgan fingerprint density at radius 3 is 2.74 bits per heavy atom. The maximum atomic E-state index is 12.3. The highest BCUT2D eigenvalue weighted by Gasteiger charge is 2.09. The molecule has 0 unspecified atom stereocenters. The topological polar surface area (TPSA) is 59.8 Å². The maximum Gasteiger partial charge on any atom is 0.234 e. The van der Waals surface area contributed by atoms with Gasteiger partial charge in [0.25, 0.3) is 0 Å². The SMILES string of the molecule is O=C(CSc1cccc2cccc(Cl)c12)Nc1ccc(-n2ccnc2)nc1. The second kappa shape index (κ2) is 7.82. The van der Waals surface area contributed by atoms with Crippen LogP contribution in [-0.4, -0.2) is 26.2 Å². The normalized spacial score (nSPS) is 10.9. The first-order chi connectivity index (χ1) is 13.2. The fourth-order valence-electron chi connectivity index (χ4n) is 2.73. The Kier molecular flexibility index (Phi) is 5.09. The minimum atomic E-state index is -0.0961. The second-order valence-electron chi connectivity index (χ2n) is 5.81. The summed E-state index contributed by atoms with van der Waals surface area (Å²) in [5.74, 6) is 0.930. The molecule has 0 atom stereocenters. The lowest BCUT2D eigenvalue weighted by Gasteiger charge is -2.09. The van der Waals surface area contributed by atoms with E-state index < -0.39 is 0 Å². The average Bonchev–Trinajstić information content (AvgIpc) is 3.22. The number of nitrogens with one attached hydrogen (secondary N) is 1. The van der Waals surface area contributed by atoms with Crippen molar-refractivity contribution < 1.29 is 4.79 Å².